The van der Waals surface area contributed by atoms with Gasteiger partial charge in [0.1, 0.15) is 0 Å². The summed E-state index contributed by atoms with van der Waals surface area (Å²) in [6.45, 7) is 3.19. The van der Waals surface area contributed by atoms with E-state index >= 15 is 0 Å². The molecule has 0 unspecified atom stereocenters. The predicted molar refractivity (Wildman–Crippen MR) is 58.2 cm³/mol. The molecule has 1 aromatic rings. The van der Waals surface area contributed by atoms with Crippen LogP contribution in [0, 0.1) is 0 Å². The third-order valence-corrected chi connectivity index (χ3v) is 3.58. The monoisotopic (exact) mass is 211 g/mol. The minimum absolute atomic E-state index is 0.335. The molecular formula is C10H17N3S. The first-order chi connectivity index (χ1) is 6.79. The van der Waals surface area contributed by atoms with Gasteiger partial charge in [0, 0.05) is 12.1 Å². The Balaban J connectivity index is 1.84. The van der Waals surface area contributed by atoms with Crippen molar-refractivity contribution in [1.82, 2.24) is 14.1 Å². The molecular weight excluding hydrogens is 194 g/mol. The molecule has 1 N–H and O–H groups in total. The molecule has 0 spiro atoms. The van der Waals surface area contributed by atoms with Crippen molar-refractivity contribution >= 4 is 11.7 Å². The van der Waals surface area contributed by atoms with Crippen LogP contribution in [-0.2, 0) is 6.54 Å². The molecule has 78 valence electrons. The molecule has 2 rings (SSSR count). The predicted octanol–water partition coefficient (Wildman–Crippen LogP) is 2.35. The number of rotatable bonds is 3. The van der Waals surface area contributed by atoms with Gasteiger partial charge in [0.05, 0.1) is 23.6 Å². The molecule has 0 bridgehead atoms. The van der Waals surface area contributed by atoms with Crippen molar-refractivity contribution in [1.29, 1.82) is 0 Å². The topological polar surface area (TPSA) is 37.8 Å². The van der Waals surface area contributed by atoms with Crippen molar-refractivity contribution in [3.63, 3.8) is 0 Å². The first kappa shape index (κ1) is 10.1. The molecule has 0 aliphatic heterocycles. The van der Waals surface area contributed by atoms with Crippen molar-refractivity contribution in [2.75, 3.05) is 0 Å². The maximum absolute atomic E-state index is 4.20. The van der Waals surface area contributed by atoms with Crippen LogP contribution in [0.25, 0.3) is 0 Å². The summed E-state index contributed by atoms with van der Waals surface area (Å²) in [5, 5.41) is 3.60. The summed E-state index contributed by atoms with van der Waals surface area (Å²) in [7, 11) is 0. The molecule has 1 saturated carbocycles. The number of nitrogens with zero attached hydrogens (tertiary/aromatic N) is 2. The lowest BCUT2D eigenvalue weighted by molar-refractivity contribution is 0.252. The molecule has 1 heterocycles. The minimum Gasteiger partial charge on any atom is -0.306 e. The summed E-state index contributed by atoms with van der Waals surface area (Å²) in [6, 6.07) is 0. The number of nitrogens with one attached hydrogen (secondary N) is 1. The Hall–Kier alpha value is -0.480. The van der Waals surface area contributed by atoms with E-state index in [-0.39, 0.29) is 0 Å². The molecule has 1 aliphatic carbocycles. The van der Waals surface area contributed by atoms with Gasteiger partial charge in [0.2, 0.25) is 0 Å². The quantitative estimate of drug-likeness (QED) is 0.834. The van der Waals surface area contributed by atoms with Gasteiger partial charge in [0.25, 0.3) is 0 Å². The average Bonchev–Trinajstić information content (AvgIpc) is 2.69. The second-order valence-corrected chi connectivity index (χ2v) is 4.93. The summed E-state index contributed by atoms with van der Waals surface area (Å²) < 4.78 is 8.20. The van der Waals surface area contributed by atoms with E-state index in [1.807, 2.05) is 6.20 Å². The van der Waals surface area contributed by atoms with Crippen LogP contribution in [0.4, 0.5) is 0 Å². The molecule has 0 saturated heterocycles. The zero-order valence-corrected chi connectivity index (χ0v) is 9.44. The average molecular weight is 211 g/mol. The van der Waals surface area contributed by atoms with Gasteiger partial charge in [-0.2, -0.15) is 8.75 Å². The molecule has 1 fully saturated rings. The van der Waals surface area contributed by atoms with Crippen LogP contribution in [-0.4, -0.2) is 14.3 Å². The zero-order valence-electron chi connectivity index (χ0n) is 8.62. The van der Waals surface area contributed by atoms with Crippen LogP contribution in [0.2, 0.25) is 0 Å². The second-order valence-electron chi connectivity index (χ2n) is 4.37. The molecule has 4 heteroatoms. The first-order valence-corrected chi connectivity index (χ1v) is 6.03. The van der Waals surface area contributed by atoms with Crippen LogP contribution in [0.15, 0.2) is 6.20 Å². The third kappa shape index (κ3) is 2.51. The third-order valence-electron chi connectivity index (χ3n) is 3.06. The van der Waals surface area contributed by atoms with Crippen LogP contribution in [0.3, 0.4) is 0 Å². The Kier molecular flexibility index (Phi) is 3.13. The van der Waals surface area contributed by atoms with E-state index in [0.29, 0.717) is 5.54 Å². The zero-order chi connectivity index (χ0) is 9.86. The van der Waals surface area contributed by atoms with Gasteiger partial charge in [0.15, 0.2) is 0 Å². The number of hydrogen-bond acceptors (Lipinski definition) is 4. The van der Waals surface area contributed by atoms with E-state index in [2.05, 4.69) is 21.0 Å². The fourth-order valence-corrected chi connectivity index (χ4v) is 2.51. The molecule has 0 aromatic carbocycles. The first-order valence-electron chi connectivity index (χ1n) is 5.30. The lowest BCUT2D eigenvalue weighted by Crippen LogP contribution is -2.43. The standard InChI is InChI=1S/C10H17N3S/c1-10(5-3-2-4-6-10)11-7-9-8-12-14-13-9/h8,11H,2-7H2,1H3. The molecule has 0 radical (unpaired) electrons. The molecule has 1 aromatic heterocycles. The van der Waals surface area contributed by atoms with Crippen LogP contribution in [0.5, 0.6) is 0 Å². The van der Waals surface area contributed by atoms with Gasteiger partial charge in [-0.15, -0.1) is 0 Å². The molecule has 3 nitrogen and oxygen atoms in total. The maximum Gasteiger partial charge on any atom is 0.0880 e. The summed E-state index contributed by atoms with van der Waals surface area (Å²) in [5.41, 5.74) is 1.41. The fourth-order valence-electron chi connectivity index (χ4n) is 2.07. The number of aromatic nitrogens is 2. The van der Waals surface area contributed by atoms with Crippen molar-refractivity contribution in [3.05, 3.63) is 11.9 Å². The lowest BCUT2D eigenvalue weighted by Gasteiger charge is -2.34. The molecule has 1 aliphatic rings. The fraction of sp³-hybridized carbons (Fsp3) is 0.800. The van der Waals surface area contributed by atoms with Gasteiger partial charge in [-0.05, 0) is 19.8 Å². The van der Waals surface area contributed by atoms with Gasteiger partial charge in [-0.25, -0.2) is 0 Å². The maximum atomic E-state index is 4.20. The summed E-state index contributed by atoms with van der Waals surface area (Å²) in [4.78, 5) is 0. The normalized spacial score (nSPS) is 20.9. The Labute approximate surface area is 89.3 Å². The van der Waals surface area contributed by atoms with Crippen molar-refractivity contribution in [2.45, 2.75) is 51.1 Å². The van der Waals surface area contributed by atoms with E-state index in [1.54, 1.807) is 0 Å². The Morgan fingerprint density at radius 3 is 2.86 bits per heavy atom. The highest BCUT2D eigenvalue weighted by Crippen LogP contribution is 2.27. The second kappa shape index (κ2) is 4.36. The Morgan fingerprint density at radius 2 is 2.21 bits per heavy atom. The van der Waals surface area contributed by atoms with E-state index in [0.717, 1.165) is 12.2 Å². The Morgan fingerprint density at radius 1 is 1.43 bits per heavy atom. The SMILES string of the molecule is CC1(NCc2cnsn2)CCCCC1. The highest BCUT2D eigenvalue weighted by Gasteiger charge is 2.25. The summed E-state index contributed by atoms with van der Waals surface area (Å²) in [6.07, 6.45) is 8.56. The van der Waals surface area contributed by atoms with Crippen LogP contribution < -0.4 is 5.32 Å². The largest absolute Gasteiger partial charge is 0.306 e. The highest BCUT2D eigenvalue weighted by atomic mass is 32.1. The van der Waals surface area contributed by atoms with Crippen LogP contribution >= 0.6 is 11.7 Å². The molecule has 0 amide bonds. The van der Waals surface area contributed by atoms with Crippen molar-refractivity contribution in [2.24, 2.45) is 0 Å². The lowest BCUT2D eigenvalue weighted by atomic mass is 9.83. The van der Waals surface area contributed by atoms with E-state index < -0.39 is 0 Å². The highest BCUT2D eigenvalue weighted by molar-refractivity contribution is 6.99. The molecule has 0 atom stereocenters. The van der Waals surface area contributed by atoms with E-state index in [9.17, 15) is 0 Å². The van der Waals surface area contributed by atoms with Crippen LogP contribution in [0.1, 0.15) is 44.7 Å². The van der Waals surface area contributed by atoms with Crippen molar-refractivity contribution < 1.29 is 0 Å². The smallest absolute Gasteiger partial charge is 0.0880 e. The van der Waals surface area contributed by atoms with Gasteiger partial charge in [-0.3, -0.25) is 0 Å². The van der Waals surface area contributed by atoms with E-state index in [1.165, 1.54) is 43.8 Å². The number of hydrogen-bond donors (Lipinski definition) is 1. The summed E-state index contributed by atoms with van der Waals surface area (Å²) >= 11 is 1.29. The van der Waals surface area contributed by atoms with Gasteiger partial charge >= 0.3 is 0 Å². The molecule has 14 heavy (non-hydrogen) atoms. The Bertz CT molecular complexity index is 265. The van der Waals surface area contributed by atoms with E-state index in [4.69, 9.17) is 0 Å². The minimum atomic E-state index is 0.335. The van der Waals surface area contributed by atoms with Crippen molar-refractivity contribution in [3.8, 4) is 0 Å². The van der Waals surface area contributed by atoms with Gasteiger partial charge < -0.3 is 5.32 Å². The summed E-state index contributed by atoms with van der Waals surface area (Å²) in [5.74, 6) is 0. The van der Waals surface area contributed by atoms with Gasteiger partial charge in [-0.1, -0.05) is 19.3 Å².